The van der Waals surface area contributed by atoms with Gasteiger partial charge >= 0.3 is 11.4 Å². The number of aromatic nitrogens is 1. The minimum Gasteiger partial charge on any atom is -0.360 e. The van der Waals surface area contributed by atoms with Crippen LogP contribution in [0.15, 0.2) is 77.5 Å². The molecule has 0 saturated heterocycles. The Hall–Kier alpha value is -3.96. The SMILES string of the molecule is [N-]=[N+]=C1C(c2ccccc2)=NC(c2nccc3ccccc23)=C1[N+](=O)[O-]. The average molecular weight is 341 g/mol. The number of hydrogen-bond acceptors (Lipinski definition) is 4. The summed E-state index contributed by atoms with van der Waals surface area (Å²) < 4.78 is 0. The van der Waals surface area contributed by atoms with Crippen molar-refractivity contribution in [1.82, 2.24) is 4.98 Å². The summed E-state index contributed by atoms with van der Waals surface area (Å²) in [7, 11) is 0. The van der Waals surface area contributed by atoms with E-state index in [9.17, 15) is 15.6 Å². The van der Waals surface area contributed by atoms with Crippen LogP contribution in [0.3, 0.4) is 0 Å². The Morgan fingerprint density at radius 2 is 1.73 bits per heavy atom. The summed E-state index contributed by atoms with van der Waals surface area (Å²) in [6.07, 6.45) is 1.58. The second-order valence-electron chi connectivity index (χ2n) is 5.61. The predicted molar refractivity (Wildman–Crippen MR) is 97.3 cm³/mol. The van der Waals surface area contributed by atoms with E-state index in [1.165, 1.54) is 0 Å². The number of hydrogen-bond donors (Lipinski definition) is 0. The zero-order chi connectivity index (χ0) is 18.1. The summed E-state index contributed by atoms with van der Waals surface area (Å²) in [5.41, 5.74) is 10.2. The van der Waals surface area contributed by atoms with E-state index < -0.39 is 4.92 Å². The van der Waals surface area contributed by atoms with Gasteiger partial charge in [0.05, 0.1) is 4.92 Å². The number of fused-ring (bicyclic) bond motifs is 1. The van der Waals surface area contributed by atoms with Crippen molar-refractivity contribution >= 4 is 27.9 Å². The first-order valence-electron chi connectivity index (χ1n) is 7.80. The molecule has 26 heavy (non-hydrogen) atoms. The second-order valence-corrected chi connectivity index (χ2v) is 5.61. The van der Waals surface area contributed by atoms with E-state index in [1.807, 2.05) is 36.4 Å². The van der Waals surface area contributed by atoms with Gasteiger partial charge in [0.2, 0.25) is 0 Å². The largest absolute Gasteiger partial charge is 0.420 e. The van der Waals surface area contributed by atoms with E-state index in [-0.39, 0.29) is 22.8 Å². The minimum atomic E-state index is -0.590. The fraction of sp³-hybridized carbons (Fsp3) is 0. The Morgan fingerprint density at radius 3 is 2.46 bits per heavy atom. The highest BCUT2D eigenvalue weighted by atomic mass is 16.6. The number of benzene rings is 2. The lowest BCUT2D eigenvalue weighted by molar-refractivity contribution is -0.415. The van der Waals surface area contributed by atoms with Crippen molar-refractivity contribution in [3.05, 3.63) is 99.5 Å². The van der Waals surface area contributed by atoms with Crippen molar-refractivity contribution in [3.8, 4) is 0 Å². The molecule has 124 valence electrons. The summed E-state index contributed by atoms with van der Waals surface area (Å²) >= 11 is 0. The molecular formula is C19H11N5O2. The Labute approximate surface area is 147 Å². The highest BCUT2D eigenvalue weighted by molar-refractivity contribution is 6.54. The summed E-state index contributed by atoms with van der Waals surface area (Å²) in [6.45, 7) is 0. The van der Waals surface area contributed by atoms with Crippen molar-refractivity contribution in [3.63, 3.8) is 0 Å². The van der Waals surface area contributed by atoms with Gasteiger partial charge in [0.1, 0.15) is 5.69 Å². The monoisotopic (exact) mass is 341 g/mol. The predicted octanol–water partition coefficient (Wildman–Crippen LogP) is 3.35. The van der Waals surface area contributed by atoms with Gasteiger partial charge in [0, 0.05) is 17.1 Å². The van der Waals surface area contributed by atoms with Gasteiger partial charge < -0.3 is 5.53 Å². The fourth-order valence-electron chi connectivity index (χ4n) is 2.98. The van der Waals surface area contributed by atoms with Crippen LogP contribution in [-0.4, -0.2) is 26.1 Å². The molecule has 7 nitrogen and oxygen atoms in total. The molecule has 0 fully saturated rings. The van der Waals surface area contributed by atoms with Gasteiger partial charge in [0.25, 0.3) is 0 Å². The Kier molecular flexibility index (Phi) is 3.69. The number of pyridine rings is 1. The van der Waals surface area contributed by atoms with Crippen LogP contribution in [0.2, 0.25) is 0 Å². The summed E-state index contributed by atoms with van der Waals surface area (Å²) in [5.74, 6) is 0. The maximum absolute atomic E-state index is 11.7. The fourth-order valence-corrected chi connectivity index (χ4v) is 2.98. The molecule has 1 aromatic heterocycles. The van der Waals surface area contributed by atoms with E-state index in [2.05, 4.69) is 14.8 Å². The summed E-state index contributed by atoms with van der Waals surface area (Å²) in [5, 5.41) is 13.3. The van der Waals surface area contributed by atoms with E-state index in [4.69, 9.17) is 0 Å². The molecule has 0 radical (unpaired) electrons. The lowest BCUT2D eigenvalue weighted by Gasteiger charge is -2.03. The van der Waals surface area contributed by atoms with Crippen LogP contribution in [0.5, 0.6) is 0 Å². The van der Waals surface area contributed by atoms with Crippen molar-refractivity contribution in [2.45, 2.75) is 0 Å². The number of nitro groups is 1. The third-order valence-electron chi connectivity index (χ3n) is 4.12. The molecule has 0 atom stereocenters. The topological polar surface area (TPSA) is 105 Å². The molecule has 0 amide bonds. The molecule has 0 saturated carbocycles. The van der Waals surface area contributed by atoms with Crippen LogP contribution in [0.4, 0.5) is 0 Å². The Morgan fingerprint density at radius 1 is 1.00 bits per heavy atom. The average Bonchev–Trinajstić information content (AvgIpc) is 3.08. The summed E-state index contributed by atoms with van der Waals surface area (Å²) in [6, 6.07) is 18.1. The summed E-state index contributed by atoms with van der Waals surface area (Å²) in [4.78, 5) is 23.0. The number of allylic oxidation sites excluding steroid dienone is 1. The molecule has 0 spiro atoms. The van der Waals surface area contributed by atoms with Crippen LogP contribution >= 0.6 is 0 Å². The van der Waals surface area contributed by atoms with Crippen LogP contribution in [0.25, 0.3) is 22.0 Å². The van der Waals surface area contributed by atoms with Crippen LogP contribution < -0.4 is 0 Å². The second kappa shape index (κ2) is 6.16. The third-order valence-corrected chi connectivity index (χ3v) is 4.12. The Bertz CT molecular complexity index is 1150. The van der Waals surface area contributed by atoms with Crippen LogP contribution in [-0.2, 0) is 0 Å². The highest BCUT2D eigenvalue weighted by Crippen LogP contribution is 2.32. The number of nitrogens with zero attached hydrogens (tertiary/aromatic N) is 5. The maximum atomic E-state index is 11.7. The van der Waals surface area contributed by atoms with Crippen molar-refractivity contribution < 1.29 is 9.71 Å². The van der Waals surface area contributed by atoms with Crippen molar-refractivity contribution in [1.29, 1.82) is 0 Å². The third kappa shape index (κ3) is 2.40. The lowest BCUT2D eigenvalue weighted by atomic mass is 10.0. The van der Waals surface area contributed by atoms with Gasteiger partial charge in [-0.15, -0.1) is 0 Å². The number of aliphatic imine (C=N–C) groups is 1. The molecule has 1 aliphatic heterocycles. The van der Waals surface area contributed by atoms with E-state index in [1.54, 1.807) is 30.5 Å². The molecule has 2 heterocycles. The zero-order valence-corrected chi connectivity index (χ0v) is 13.4. The molecule has 0 aliphatic carbocycles. The lowest BCUT2D eigenvalue weighted by Crippen LogP contribution is -2.19. The van der Waals surface area contributed by atoms with Crippen molar-refractivity contribution in [2.75, 3.05) is 0 Å². The molecule has 4 rings (SSSR count). The van der Waals surface area contributed by atoms with Gasteiger partial charge in [-0.05, 0) is 11.5 Å². The molecule has 1 aliphatic rings. The molecule has 0 unspecified atom stereocenters. The standard InChI is InChI=1S/C19H11N5O2/c20-23-18-15(13-7-2-1-3-8-13)22-17(19(18)24(25)26)16-14-9-5-4-6-12(14)10-11-21-16/h1-11H. The van der Waals surface area contributed by atoms with Gasteiger partial charge in [-0.3, -0.25) is 15.1 Å². The van der Waals surface area contributed by atoms with Crippen LogP contribution in [0, 0.1) is 10.1 Å². The molecule has 0 bridgehead atoms. The molecule has 3 aromatic rings. The smallest absolute Gasteiger partial charge is 0.360 e. The first-order chi connectivity index (χ1) is 12.7. The van der Waals surface area contributed by atoms with Gasteiger partial charge in [-0.2, -0.15) is 4.79 Å². The molecular weight excluding hydrogens is 330 g/mol. The van der Waals surface area contributed by atoms with E-state index in [0.717, 1.165) is 10.8 Å². The maximum Gasteiger partial charge on any atom is 0.420 e. The Balaban J connectivity index is 2.02. The van der Waals surface area contributed by atoms with Gasteiger partial charge in [-0.1, -0.05) is 54.6 Å². The van der Waals surface area contributed by atoms with E-state index >= 15 is 0 Å². The first-order valence-corrected chi connectivity index (χ1v) is 7.80. The van der Waals surface area contributed by atoms with Crippen molar-refractivity contribution in [2.24, 2.45) is 4.99 Å². The first kappa shape index (κ1) is 15.6. The van der Waals surface area contributed by atoms with Crippen LogP contribution in [0.1, 0.15) is 11.3 Å². The molecule has 2 aromatic carbocycles. The zero-order valence-electron chi connectivity index (χ0n) is 13.4. The number of rotatable bonds is 3. The molecule has 7 heteroatoms. The highest BCUT2D eigenvalue weighted by Gasteiger charge is 2.44. The molecule has 0 N–H and O–H groups in total. The van der Waals surface area contributed by atoms with E-state index in [0.29, 0.717) is 11.3 Å². The minimum absolute atomic E-state index is 0.0819. The quantitative estimate of drug-likeness (QED) is 0.315. The van der Waals surface area contributed by atoms with Gasteiger partial charge in [-0.25, -0.2) is 4.99 Å². The van der Waals surface area contributed by atoms with Gasteiger partial charge in [0.15, 0.2) is 11.4 Å². The normalized spacial score (nSPS) is 13.7.